The summed E-state index contributed by atoms with van der Waals surface area (Å²) in [6.07, 6.45) is 1.59. The molecule has 0 aromatic heterocycles. The molecule has 2 N–H and O–H groups in total. The molecule has 0 aromatic carbocycles. The Bertz CT molecular complexity index is 151. The molecule has 72 valence electrons. The first-order chi connectivity index (χ1) is 5.43. The van der Waals surface area contributed by atoms with Crippen molar-refractivity contribution in [1.82, 2.24) is 0 Å². The molecule has 3 atom stereocenters. The van der Waals surface area contributed by atoms with Crippen LogP contribution >= 0.6 is 22.6 Å². The maximum atomic E-state index is 9.53. The number of allylic oxidation sites excluding steroid dienone is 1. The van der Waals surface area contributed by atoms with Crippen molar-refractivity contribution in [1.29, 1.82) is 0 Å². The Labute approximate surface area is 87.8 Å². The molecule has 0 aliphatic heterocycles. The molecule has 0 fully saturated rings. The molecule has 0 aliphatic rings. The van der Waals surface area contributed by atoms with Gasteiger partial charge in [0, 0.05) is 5.92 Å². The van der Waals surface area contributed by atoms with Gasteiger partial charge >= 0.3 is 0 Å². The fourth-order valence-corrected chi connectivity index (χ4v) is 1.60. The summed E-state index contributed by atoms with van der Waals surface area (Å²) in [5.41, 5.74) is 0. The van der Waals surface area contributed by atoms with Gasteiger partial charge in [0.05, 0.1) is 12.2 Å². The number of aliphatic hydroxyl groups is 2. The molecule has 0 aromatic rings. The first-order valence-electron chi connectivity index (χ1n) is 4.13. The van der Waals surface area contributed by atoms with Crippen molar-refractivity contribution >= 4 is 22.6 Å². The van der Waals surface area contributed by atoms with Crippen LogP contribution in [0.5, 0.6) is 0 Å². The number of hydrogen-bond acceptors (Lipinski definition) is 2. The molecule has 0 bridgehead atoms. The van der Waals surface area contributed by atoms with Crippen molar-refractivity contribution in [2.24, 2.45) is 5.92 Å². The Kier molecular flexibility index (Phi) is 6.13. The third-order valence-electron chi connectivity index (χ3n) is 1.68. The molecular weight excluding hydrogens is 267 g/mol. The first-order valence-corrected chi connectivity index (χ1v) is 5.21. The minimum atomic E-state index is -0.435. The summed E-state index contributed by atoms with van der Waals surface area (Å²) in [6, 6.07) is 0. The SMILES string of the molecule is C/C(I)=C\[C@@H](C)[C@H](O)C[C@@H](C)O. The van der Waals surface area contributed by atoms with Gasteiger partial charge in [-0.25, -0.2) is 0 Å². The Balaban J connectivity index is 3.93. The second kappa shape index (κ2) is 5.94. The summed E-state index contributed by atoms with van der Waals surface area (Å²) in [5, 5.41) is 18.6. The lowest BCUT2D eigenvalue weighted by Gasteiger charge is -2.17. The average Bonchev–Trinajstić information content (AvgIpc) is 1.84. The standard InChI is InChI=1S/C9H17IO2/c1-6(4-7(2)10)9(12)5-8(3)11/h4,6,8-9,11-12H,5H2,1-3H3/b7-4+/t6-,8-,9-/m1/s1. The van der Waals surface area contributed by atoms with Crippen LogP contribution in [0.3, 0.4) is 0 Å². The molecule has 2 nitrogen and oxygen atoms in total. The minimum absolute atomic E-state index is 0.122. The minimum Gasteiger partial charge on any atom is -0.393 e. The van der Waals surface area contributed by atoms with E-state index >= 15 is 0 Å². The fourth-order valence-electron chi connectivity index (χ4n) is 1.04. The molecule has 0 heterocycles. The highest BCUT2D eigenvalue weighted by molar-refractivity contribution is 14.1. The van der Waals surface area contributed by atoms with Gasteiger partial charge in [0.1, 0.15) is 0 Å². The lowest BCUT2D eigenvalue weighted by molar-refractivity contribution is 0.0688. The normalized spacial score (nSPS) is 20.3. The topological polar surface area (TPSA) is 40.5 Å². The van der Waals surface area contributed by atoms with E-state index < -0.39 is 12.2 Å². The largest absolute Gasteiger partial charge is 0.393 e. The first kappa shape index (κ1) is 12.4. The van der Waals surface area contributed by atoms with Gasteiger partial charge in [-0.1, -0.05) is 13.0 Å². The van der Waals surface area contributed by atoms with Crippen molar-refractivity contribution in [3.05, 3.63) is 9.66 Å². The Morgan fingerprint density at radius 2 is 1.92 bits per heavy atom. The molecular formula is C9H17IO2. The molecule has 0 amide bonds. The van der Waals surface area contributed by atoms with Crippen molar-refractivity contribution in [3.63, 3.8) is 0 Å². The van der Waals surface area contributed by atoms with Crippen molar-refractivity contribution in [3.8, 4) is 0 Å². The van der Waals surface area contributed by atoms with Gasteiger partial charge in [-0.05, 0) is 46.4 Å². The van der Waals surface area contributed by atoms with E-state index in [1.807, 2.05) is 19.9 Å². The van der Waals surface area contributed by atoms with Gasteiger partial charge in [-0.2, -0.15) is 0 Å². The number of aliphatic hydroxyl groups excluding tert-OH is 2. The molecule has 3 heteroatoms. The van der Waals surface area contributed by atoms with Gasteiger partial charge in [0.15, 0.2) is 0 Å². The van der Waals surface area contributed by atoms with Crippen LogP contribution in [0.2, 0.25) is 0 Å². The van der Waals surface area contributed by atoms with Crippen LogP contribution in [0.15, 0.2) is 9.66 Å². The van der Waals surface area contributed by atoms with Crippen LogP contribution in [-0.2, 0) is 0 Å². The highest BCUT2D eigenvalue weighted by atomic mass is 127. The van der Waals surface area contributed by atoms with Crippen LogP contribution in [0, 0.1) is 5.92 Å². The third-order valence-corrected chi connectivity index (χ3v) is 2.04. The van der Waals surface area contributed by atoms with E-state index in [9.17, 15) is 5.11 Å². The van der Waals surface area contributed by atoms with Crippen molar-refractivity contribution < 1.29 is 10.2 Å². The second-order valence-electron chi connectivity index (χ2n) is 3.26. The highest BCUT2D eigenvalue weighted by Gasteiger charge is 2.13. The van der Waals surface area contributed by atoms with E-state index in [0.717, 1.165) is 0 Å². The molecule has 0 saturated carbocycles. The summed E-state index contributed by atoms with van der Waals surface area (Å²) < 4.78 is 1.17. The Morgan fingerprint density at radius 3 is 2.25 bits per heavy atom. The number of rotatable bonds is 4. The summed E-state index contributed by atoms with van der Waals surface area (Å²) in [4.78, 5) is 0. The van der Waals surface area contributed by atoms with E-state index in [1.54, 1.807) is 6.92 Å². The van der Waals surface area contributed by atoms with Gasteiger partial charge < -0.3 is 10.2 Å². The lowest BCUT2D eigenvalue weighted by atomic mass is 9.99. The smallest absolute Gasteiger partial charge is 0.0625 e. The van der Waals surface area contributed by atoms with E-state index in [4.69, 9.17) is 5.11 Å². The summed E-state index contributed by atoms with van der Waals surface area (Å²) in [7, 11) is 0. The van der Waals surface area contributed by atoms with Crippen LogP contribution in [0.25, 0.3) is 0 Å². The quantitative estimate of drug-likeness (QED) is 0.776. The second-order valence-corrected chi connectivity index (χ2v) is 4.97. The van der Waals surface area contributed by atoms with Crippen molar-refractivity contribution in [2.75, 3.05) is 0 Å². The van der Waals surface area contributed by atoms with Crippen LogP contribution in [-0.4, -0.2) is 22.4 Å². The lowest BCUT2D eigenvalue weighted by Crippen LogP contribution is -2.21. The van der Waals surface area contributed by atoms with E-state index in [2.05, 4.69) is 22.6 Å². The number of hydrogen-bond donors (Lipinski definition) is 2. The van der Waals surface area contributed by atoms with Crippen LogP contribution in [0.4, 0.5) is 0 Å². The highest BCUT2D eigenvalue weighted by Crippen LogP contribution is 2.15. The predicted octanol–water partition coefficient (Wildman–Crippen LogP) is 2.09. The Morgan fingerprint density at radius 1 is 1.42 bits per heavy atom. The number of halogens is 1. The fraction of sp³-hybridized carbons (Fsp3) is 0.778. The van der Waals surface area contributed by atoms with Crippen LogP contribution in [0.1, 0.15) is 27.2 Å². The molecule has 0 radical (unpaired) electrons. The maximum Gasteiger partial charge on any atom is 0.0625 e. The summed E-state index contributed by atoms with van der Waals surface area (Å²) in [5.74, 6) is 0.122. The van der Waals surface area contributed by atoms with E-state index in [0.29, 0.717) is 6.42 Å². The van der Waals surface area contributed by atoms with Gasteiger partial charge in [-0.15, -0.1) is 0 Å². The maximum absolute atomic E-state index is 9.53. The van der Waals surface area contributed by atoms with Gasteiger partial charge in [-0.3, -0.25) is 0 Å². The molecule has 0 aliphatic carbocycles. The third kappa shape index (κ3) is 5.97. The summed E-state index contributed by atoms with van der Waals surface area (Å²) >= 11 is 2.21. The zero-order chi connectivity index (χ0) is 9.72. The Hall–Kier alpha value is 0.390. The summed E-state index contributed by atoms with van der Waals surface area (Å²) in [6.45, 7) is 5.64. The molecule has 0 spiro atoms. The van der Waals surface area contributed by atoms with E-state index in [-0.39, 0.29) is 5.92 Å². The molecule has 12 heavy (non-hydrogen) atoms. The van der Waals surface area contributed by atoms with Gasteiger partial charge in [0.25, 0.3) is 0 Å². The predicted molar refractivity (Wildman–Crippen MR) is 59.2 cm³/mol. The average molecular weight is 284 g/mol. The van der Waals surface area contributed by atoms with E-state index in [1.165, 1.54) is 3.58 Å². The molecule has 0 saturated heterocycles. The monoisotopic (exact) mass is 284 g/mol. The zero-order valence-electron chi connectivity index (χ0n) is 7.79. The zero-order valence-corrected chi connectivity index (χ0v) is 9.95. The molecule has 0 unspecified atom stereocenters. The van der Waals surface area contributed by atoms with Crippen LogP contribution < -0.4 is 0 Å². The van der Waals surface area contributed by atoms with Gasteiger partial charge in [0.2, 0.25) is 0 Å². The van der Waals surface area contributed by atoms with Crippen molar-refractivity contribution in [2.45, 2.75) is 39.4 Å². The molecule has 0 rings (SSSR count).